The van der Waals surface area contributed by atoms with Crippen LogP contribution in [0, 0.1) is 5.92 Å². The molecule has 0 bridgehead atoms. The van der Waals surface area contributed by atoms with Crippen LogP contribution in [-0.2, 0) is 9.47 Å². The van der Waals surface area contributed by atoms with Gasteiger partial charge in [-0.05, 0) is 5.92 Å². The van der Waals surface area contributed by atoms with Crippen molar-refractivity contribution >= 4 is 23.2 Å². The molecule has 2 fully saturated rings. The SMILES string of the molecule is C[C@@H]1[C@H](Cl)CC2(OCCO2)[C@@H]1Cl. The van der Waals surface area contributed by atoms with Crippen LogP contribution in [0.3, 0.4) is 0 Å². The van der Waals surface area contributed by atoms with Gasteiger partial charge in [0.2, 0.25) is 0 Å². The van der Waals surface area contributed by atoms with Gasteiger partial charge in [0, 0.05) is 11.8 Å². The van der Waals surface area contributed by atoms with E-state index in [1.54, 1.807) is 0 Å². The molecule has 0 amide bonds. The molecule has 4 heteroatoms. The maximum Gasteiger partial charge on any atom is 0.186 e. The second-order valence-electron chi connectivity index (χ2n) is 3.49. The summed E-state index contributed by atoms with van der Waals surface area (Å²) in [6.45, 7) is 3.31. The Morgan fingerprint density at radius 2 is 1.83 bits per heavy atom. The molecule has 0 aromatic heterocycles. The van der Waals surface area contributed by atoms with Gasteiger partial charge in [0.25, 0.3) is 0 Å². The van der Waals surface area contributed by atoms with Gasteiger partial charge >= 0.3 is 0 Å². The zero-order chi connectivity index (χ0) is 8.77. The highest BCUT2D eigenvalue weighted by atomic mass is 35.5. The van der Waals surface area contributed by atoms with Crippen LogP contribution in [0.25, 0.3) is 0 Å². The highest BCUT2D eigenvalue weighted by Gasteiger charge is 2.54. The van der Waals surface area contributed by atoms with Gasteiger partial charge < -0.3 is 9.47 Å². The van der Waals surface area contributed by atoms with E-state index < -0.39 is 5.79 Å². The Hall–Kier alpha value is 0.500. The van der Waals surface area contributed by atoms with E-state index in [1.165, 1.54) is 0 Å². The molecule has 1 aliphatic heterocycles. The van der Waals surface area contributed by atoms with Crippen molar-refractivity contribution in [2.75, 3.05) is 13.2 Å². The Bertz CT molecular complexity index is 180. The number of alkyl halides is 2. The van der Waals surface area contributed by atoms with Gasteiger partial charge in [-0.2, -0.15) is 0 Å². The lowest BCUT2D eigenvalue weighted by molar-refractivity contribution is -0.148. The molecule has 0 N–H and O–H groups in total. The zero-order valence-corrected chi connectivity index (χ0v) is 8.44. The summed E-state index contributed by atoms with van der Waals surface area (Å²) in [5, 5.41) is -0.0342. The Labute approximate surface area is 82.1 Å². The Morgan fingerprint density at radius 1 is 1.25 bits per heavy atom. The van der Waals surface area contributed by atoms with Crippen molar-refractivity contribution in [3.63, 3.8) is 0 Å². The van der Waals surface area contributed by atoms with E-state index in [4.69, 9.17) is 32.7 Å². The van der Waals surface area contributed by atoms with Crippen LogP contribution in [0.5, 0.6) is 0 Å². The lowest BCUT2D eigenvalue weighted by Crippen LogP contribution is -2.37. The first-order chi connectivity index (χ1) is 5.66. The highest BCUT2D eigenvalue weighted by molar-refractivity contribution is 6.25. The van der Waals surface area contributed by atoms with Crippen LogP contribution in [0.4, 0.5) is 0 Å². The highest BCUT2D eigenvalue weighted by Crippen LogP contribution is 2.46. The summed E-state index contributed by atoms with van der Waals surface area (Å²) >= 11 is 12.3. The molecule has 12 heavy (non-hydrogen) atoms. The van der Waals surface area contributed by atoms with Gasteiger partial charge in [-0.1, -0.05) is 6.92 Å². The predicted octanol–water partition coefficient (Wildman–Crippen LogP) is 1.98. The third-order valence-corrected chi connectivity index (χ3v) is 3.99. The molecule has 1 heterocycles. The van der Waals surface area contributed by atoms with Gasteiger partial charge in [0.1, 0.15) is 0 Å². The number of ether oxygens (including phenoxy) is 2. The summed E-state index contributed by atoms with van der Waals surface area (Å²) in [6.07, 6.45) is 0.712. The lowest BCUT2D eigenvalue weighted by Gasteiger charge is -2.25. The third-order valence-electron chi connectivity index (χ3n) is 2.71. The molecule has 1 saturated carbocycles. The lowest BCUT2D eigenvalue weighted by atomic mass is 10.1. The Balaban J connectivity index is 2.17. The quantitative estimate of drug-likeness (QED) is 0.570. The van der Waals surface area contributed by atoms with Crippen LogP contribution in [0.1, 0.15) is 13.3 Å². The molecule has 1 spiro atoms. The number of hydrogen-bond acceptors (Lipinski definition) is 2. The monoisotopic (exact) mass is 210 g/mol. The minimum atomic E-state index is -0.576. The normalized spacial score (nSPS) is 45.8. The van der Waals surface area contributed by atoms with E-state index in [9.17, 15) is 0 Å². The van der Waals surface area contributed by atoms with E-state index in [1.807, 2.05) is 6.92 Å². The second-order valence-corrected chi connectivity index (χ2v) is 4.52. The summed E-state index contributed by atoms with van der Waals surface area (Å²) in [6, 6.07) is 0. The van der Waals surface area contributed by atoms with E-state index in [2.05, 4.69) is 0 Å². The predicted molar refractivity (Wildman–Crippen MR) is 47.7 cm³/mol. The summed E-state index contributed by atoms with van der Waals surface area (Å²) in [7, 11) is 0. The van der Waals surface area contributed by atoms with Crippen LogP contribution < -0.4 is 0 Å². The number of hydrogen-bond donors (Lipinski definition) is 0. The molecule has 0 aromatic carbocycles. The Morgan fingerprint density at radius 3 is 2.25 bits per heavy atom. The standard InChI is InChI=1S/C8H12Cl2O2/c1-5-6(9)4-8(7(5)10)11-2-3-12-8/h5-7H,2-4H2,1H3/t5-,6-,7-/m1/s1. The van der Waals surface area contributed by atoms with E-state index in [0.29, 0.717) is 19.6 Å². The van der Waals surface area contributed by atoms with Gasteiger partial charge in [-0.3, -0.25) is 0 Å². The van der Waals surface area contributed by atoms with E-state index >= 15 is 0 Å². The van der Waals surface area contributed by atoms with Crippen molar-refractivity contribution in [2.45, 2.75) is 29.9 Å². The second kappa shape index (κ2) is 3.02. The van der Waals surface area contributed by atoms with E-state index in [0.717, 1.165) is 0 Å². The van der Waals surface area contributed by atoms with Gasteiger partial charge in [0.15, 0.2) is 5.79 Å². The van der Waals surface area contributed by atoms with Crippen molar-refractivity contribution in [3.05, 3.63) is 0 Å². The fourth-order valence-corrected chi connectivity index (χ4v) is 2.73. The van der Waals surface area contributed by atoms with Crippen LogP contribution in [0.15, 0.2) is 0 Å². The maximum absolute atomic E-state index is 6.19. The van der Waals surface area contributed by atoms with Crippen molar-refractivity contribution in [2.24, 2.45) is 5.92 Å². The molecule has 0 aromatic rings. The topological polar surface area (TPSA) is 18.5 Å². The molecule has 70 valence electrons. The minimum Gasteiger partial charge on any atom is -0.346 e. The first-order valence-corrected chi connectivity index (χ1v) is 5.09. The molecular formula is C8H12Cl2O2. The fourth-order valence-electron chi connectivity index (χ4n) is 1.90. The molecule has 0 unspecified atom stereocenters. The average Bonchev–Trinajstić information content (AvgIpc) is 2.57. The summed E-state index contributed by atoms with van der Waals surface area (Å²) in [4.78, 5) is 0. The van der Waals surface area contributed by atoms with Crippen LogP contribution >= 0.6 is 23.2 Å². The third kappa shape index (κ3) is 1.17. The summed E-state index contributed by atoms with van der Waals surface area (Å²) in [5.74, 6) is -0.320. The van der Waals surface area contributed by atoms with Crippen LogP contribution in [-0.4, -0.2) is 29.8 Å². The van der Waals surface area contributed by atoms with Crippen molar-refractivity contribution in [3.8, 4) is 0 Å². The average molecular weight is 211 g/mol. The molecular weight excluding hydrogens is 199 g/mol. The molecule has 2 nitrogen and oxygen atoms in total. The molecule has 0 radical (unpaired) electrons. The van der Waals surface area contributed by atoms with Crippen molar-refractivity contribution < 1.29 is 9.47 Å². The van der Waals surface area contributed by atoms with E-state index in [-0.39, 0.29) is 16.7 Å². The molecule has 2 aliphatic rings. The number of halogens is 2. The smallest absolute Gasteiger partial charge is 0.186 e. The minimum absolute atomic E-state index is 0.0746. The molecule has 1 aliphatic carbocycles. The molecule has 2 rings (SSSR count). The van der Waals surface area contributed by atoms with Gasteiger partial charge in [0.05, 0.1) is 18.6 Å². The molecule has 3 atom stereocenters. The van der Waals surface area contributed by atoms with Gasteiger partial charge in [-0.15, -0.1) is 23.2 Å². The van der Waals surface area contributed by atoms with Crippen molar-refractivity contribution in [1.82, 2.24) is 0 Å². The zero-order valence-electron chi connectivity index (χ0n) is 6.93. The fraction of sp³-hybridized carbons (Fsp3) is 1.00. The first kappa shape index (κ1) is 9.07. The first-order valence-electron chi connectivity index (χ1n) is 4.22. The van der Waals surface area contributed by atoms with Gasteiger partial charge in [-0.25, -0.2) is 0 Å². The number of rotatable bonds is 0. The van der Waals surface area contributed by atoms with Crippen LogP contribution in [0.2, 0.25) is 0 Å². The molecule has 1 saturated heterocycles. The largest absolute Gasteiger partial charge is 0.346 e. The maximum atomic E-state index is 6.19. The van der Waals surface area contributed by atoms with Crippen molar-refractivity contribution in [1.29, 1.82) is 0 Å². The summed E-state index contributed by atoms with van der Waals surface area (Å²) in [5.41, 5.74) is 0. The summed E-state index contributed by atoms with van der Waals surface area (Å²) < 4.78 is 11.0. The Kier molecular flexibility index (Phi) is 2.28.